The molecule has 0 atom stereocenters. The van der Waals surface area contributed by atoms with Gasteiger partial charge in [-0.2, -0.15) is 5.26 Å². The number of hydrogen-bond acceptors (Lipinski definition) is 5. The Morgan fingerprint density at radius 2 is 1.80 bits per heavy atom. The van der Waals surface area contributed by atoms with E-state index in [-0.39, 0.29) is 23.9 Å². The van der Waals surface area contributed by atoms with Gasteiger partial charge in [0.15, 0.2) is 0 Å². The highest BCUT2D eigenvalue weighted by molar-refractivity contribution is 5.79. The molecule has 0 bridgehead atoms. The first-order valence-electron chi connectivity index (χ1n) is 11.0. The minimum Gasteiger partial charge on any atom is -0.353 e. The molecule has 1 aromatic heterocycles. The highest BCUT2D eigenvalue weighted by atomic mass is 16.2. The average Bonchev–Trinajstić information content (AvgIpc) is 2.80. The zero-order chi connectivity index (χ0) is 21.5. The molecule has 3 rings (SSSR count). The first kappa shape index (κ1) is 21.9. The summed E-state index contributed by atoms with van der Waals surface area (Å²) in [6.07, 6.45) is 5.03. The summed E-state index contributed by atoms with van der Waals surface area (Å²) in [5.74, 6) is 1.16. The summed E-state index contributed by atoms with van der Waals surface area (Å²) in [7, 11) is 0. The number of likely N-dealkylation sites (tertiary alicyclic amines) is 1. The van der Waals surface area contributed by atoms with Crippen molar-refractivity contribution >= 4 is 17.8 Å². The number of pyridine rings is 1. The lowest BCUT2D eigenvalue weighted by molar-refractivity contribution is -0.136. The topological polar surface area (TPSA) is 92.6 Å². The Morgan fingerprint density at radius 1 is 1.13 bits per heavy atom. The molecule has 3 heterocycles. The summed E-state index contributed by atoms with van der Waals surface area (Å²) in [5.41, 5.74) is 0.592. The number of urea groups is 1. The van der Waals surface area contributed by atoms with Crippen LogP contribution < -0.4 is 10.2 Å². The Bertz CT molecular complexity index is 772. The maximum atomic E-state index is 12.7. The molecule has 162 valence electrons. The van der Waals surface area contributed by atoms with Crippen LogP contribution in [0.25, 0.3) is 0 Å². The van der Waals surface area contributed by atoms with E-state index in [1.54, 1.807) is 18.3 Å². The lowest BCUT2D eigenvalue weighted by atomic mass is 9.98. The zero-order valence-corrected chi connectivity index (χ0v) is 18.0. The van der Waals surface area contributed by atoms with E-state index in [0.29, 0.717) is 31.7 Å². The van der Waals surface area contributed by atoms with E-state index >= 15 is 0 Å². The fraction of sp³-hybridized carbons (Fsp3) is 0.636. The molecule has 0 aromatic carbocycles. The minimum absolute atomic E-state index is 0.0295. The van der Waals surface area contributed by atoms with Crippen molar-refractivity contribution in [2.75, 3.05) is 44.2 Å². The molecule has 2 fully saturated rings. The number of aromatic nitrogens is 1. The molecule has 0 unspecified atom stereocenters. The van der Waals surface area contributed by atoms with Crippen LogP contribution in [0.4, 0.5) is 10.6 Å². The number of carbonyl (C=O) groups excluding carboxylic acids is 2. The van der Waals surface area contributed by atoms with Gasteiger partial charge in [-0.3, -0.25) is 4.79 Å². The van der Waals surface area contributed by atoms with Crippen LogP contribution in [0.3, 0.4) is 0 Å². The smallest absolute Gasteiger partial charge is 0.317 e. The SMILES string of the molecule is CCC(CC)C(=O)N1CCC(NC(=O)N2CCN(c3cc(C#N)ccn3)CC2)CC1. The standard InChI is InChI=1S/C22H32N6O2/c1-3-18(4-2)21(29)27-9-6-19(7-10-27)25-22(30)28-13-11-26(12-14-28)20-15-17(16-23)5-8-24-20/h5,8,15,18-19H,3-4,6-7,9-14H2,1-2H3,(H,25,30). The predicted molar refractivity (Wildman–Crippen MR) is 115 cm³/mol. The summed E-state index contributed by atoms with van der Waals surface area (Å²) in [6, 6.07) is 5.70. The highest BCUT2D eigenvalue weighted by Crippen LogP contribution is 2.18. The van der Waals surface area contributed by atoms with E-state index in [4.69, 9.17) is 5.26 Å². The quantitative estimate of drug-likeness (QED) is 0.800. The van der Waals surface area contributed by atoms with E-state index < -0.39 is 0 Å². The third-order valence-corrected chi connectivity index (χ3v) is 6.23. The Kier molecular flexibility index (Phi) is 7.50. The van der Waals surface area contributed by atoms with Crippen molar-refractivity contribution in [1.82, 2.24) is 20.1 Å². The van der Waals surface area contributed by atoms with Gasteiger partial charge in [-0.05, 0) is 37.8 Å². The van der Waals surface area contributed by atoms with Crippen LogP contribution in [-0.2, 0) is 4.79 Å². The second-order valence-electron chi connectivity index (χ2n) is 8.05. The van der Waals surface area contributed by atoms with Crippen LogP contribution >= 0.6 is 0 Å². The van der Waals surface area contributed by atoms with Gasteiger partial charge in [-0.1, -0.05) is 13.8 Å². The van der Waals surface area contributed by atoms with Crippen molar-refractivity contribution in [1.29, 1.82) is 5.26 Å². The Labute approximate surface area is 178 Å². The van der Waals surface area contributed by atoms with Crippen molar-refractivity contribution < 1.29 is 9.59 Å². The van der Waals surface area contributed by atoms with Crippen LogP contribution in [0, 0.1) is 17.2 Å². The van der Waals surface area contributed by atoms with Crippen molar-refractivity contribution in [3.8, 4) is 6.07 Å². The molecule has 8 heteroatoms. The van der Waals surface area contributed by atoms with Crippen LogP contribution in [0.15, 0.2) is 18.3 Å². The van der Waals surface area contributed by atoms with E-state index in [1.807, 2.05) is 9.80 Å². The highest BCUT2D eigenvalue weighted by Gasteiger charge is 2.29. The maximum absolute atomic E-state index is 12.7. The van der Waals surface area contributed by atoms with Gasteiger partial charge >= 0.3 is 6.03 Å². The van der Waals surface area contributed by atoms with E-state index in [9.17, 15) is 9.59 Å². The second-order valence-corrected chi connectivity index (χ2v) is 8.05. The summed E-state index contributed by atoms with van der Waals surface area (Å²) in [6.45, 7) is 8.19. The number of nitrogens with zero attached hydrogens (tertiary/aromatic N) is 5. The molecule has 2 aliphatic rings. The van der Waals surface area contributed by atoms with Crippen LogP contribution in [0.5, 0.6) is 0 Å². The molecular formula is C22H32N6O2. The minimum atomic E-state index is -0.0295. The molecule has 2 saturated heterocycles. The molecule has 1 aromatic rings. The fourth-order valence-electron chi connectivity index (χ4n) is 4.21. The van der Waals surface area contributed by atoms with Crippen LogP contribution in [0.1, 0.15) is 45.1 Å². The number of carbonyl (C=O) groups is 2. The predicted octanol–water partition coefficient (Wildman–Crippen LogP) is 2.21. The van der Waals surface area contributed by atoms with Gasteiger partial charge in [0.2, 0.25) is 5.91 Å². The molecule has 8 nitrogen and oxygen atoms in total. The van der Waals surface area contributed by atoms with Gasteiger partial charge in [0.1, 0.15) is 5.82 Å². The van der Waals surface area contributed by atoms with E-state index in [2.05, 4.69) is 35.1 Å². The summed E-state index contributed by atoms with van der Waals surface area (Å²) in [5, 5.41) is 12.2. The van der Waals surface area contributed by atoms with Gasteiger partial charge in [0, 0.05) is 57.4 Å². The number of nitriles is 1. The van der Waals surface area contributed by atoms with Crippen LogP contribution in [0.2, 0.25) is 0 Å². The molecule has 0 spiro atoms. The molecule has 0 saturated carbocycles. The number of piperazine rings is 1. The largest absolute Gasteiger partial charge is 0.353 e. The maximum Gasteiger partial charge on any atom is 0.317 e. The average molecular weight is 413 g/mol. The molecular weight excluding hydrogens is 380 g/mol. The van der Waals surface area contributed by atoms with Crippen molar-refractivity contribution in [3.63, 3.8) is 0 Å². The normalized spacial score (nSPS) is 17.7. The van der Waals surface area contributed by atoms with E-state index in [1.165, 1.54) is 0 Å². The molecule has 30 heavy (non-hydrogen) atoms. The number of piperidine rings is 1. The molecule has 0 aliphatic carbocycles. The monoisotopic (exact) mass is 412 g/mol. The third-order valence-electron chi connectivity index (χ3n) is 6.23. The first-order chi connectivity index (χ1) is 14.5. The summed E-state index contributed by atoms with van der Waals surface area (Å²) in [4.78, 5) is 35.5. The summed E-state index contributed by atoms with van der Waals surface area (Å²) >= 11 is 0. The van der Waals surface area contributed by atoms with Crippen LogP contribution in [-0.4, -0.2) is 72.0 Å². The summed E-state index contributed by atoms with van der Waals surface area (Å²) < 4.78 is 0. The number of rotatable bonds is 5. The van der Waals surface area contributed by atoms with Crippen molar-refractivity contribution in [2.45, 2.75) is 45.6 Å². The van der Waals surface area contributed by atoms with Gasteiger partial charge in [0.05, 0.1) is 11.6 Å². The Balaban J connectivity index is 1.43. The lowest BCUT2D eigenvalue weighted by Crippen LogP contribution is -2.55. The molecule has 2 aliphatic heterocycles. The Hall–Kier alpha value is -2.82. The number of nitrogens with one attached hydrogen (secondary N) is 1. The van der Waals surface area contributed by atoms with Crippen molar-refractivity contribution in [3.05, 3.63) is 23.9 Å². The molecule has 0 radical (unpaired) electrons. The Morgan fingerprint density at radius 3 is 2.40 bits per heavy atom. The number of hydrogen-bond donors (Lipinski definition) is 1. The number of anilines is 1. The molecule has 3 amide bonds. The first-order valence-corrected chi connectivity index (χ1v) is 11.0. The van der Waals surface area contributed by atoms with Gasteiger partial charge in [-0.15, -0.1) is 0 Å². The molecule has 1 N–H and O–H groups in total. The number of amides is 3. The second kappa shape index (κ2) is 10.3. The fourth-order valence-corrected chi connectivity index (χ4v) is 4.21. The zero-order valence-electron chi connectivity index (χ0n) is 18.0. The van der Waals surface area contributed by atoms with Gasteiger partial charge < -0.3 is 20.0 Å². The van der Waals surface area contributed by atoms with Gasteiger partial charge in [0.25, 0.3) is 0 Å². The van der Waals surface area contributed by atoms with Crippen molar-refractivity contribution in [2.24, 2.45) is 5.92 Å². The van der Waals surface area contributed by atoms with E-state index in [0.717, 1.165) is 44.6 Å². The third kappa shape index (κ3) is 5.21. The lowest BCUT2D eigenvalue weighted by Gasteiger charge is -2.38. The van der Waals surface area contributed by atoms with Gasteiger partial charge in [-0.25, -0.2) is 9.78 Å².